The summed E-state index contributed by atoms with van der Waals surface area (Å²) in [5.41, 5.74) is 1.35. The van der Waals surface area contributed by atoms with Crippen molar-refractivity contribution in [1.82, 2.24) is 14.9 Å². The Morgan fingerprint density at radius 2 is 1.92 bits per heavy atom. The summed E-state index contributed by atoms with van der Waals surface area (Å²) >= 11 is 0. The molecule has 1 N–H and O–H groups in total. The first-order valence-corrected chi connectivity index (χ1v) is 8.64. The van der Waals surface area contributed by atoms with E-state index in [0.717, 1.165) is 44.8 Å². The van der Waals surface area contributed by atoms with Crippen LogP contribution in [0.25, 0.3) is 0 Å². The fraction of sp³-hybridized carbons (Fsp3) is 0.421. The van der Waals surface area contributed by atoms with Gasteiger partial charge in [-0.15, -0.1) is 0 Å². The molecule has 0 amide bonds. The molecule has 1 aliphatic rings. The van der Waals surface area contributed by atoms with Crippen LogP contribution in [0.5, 0.6) is 0 Å². The van der Waals surface area contributed by atoms with Crippen molar-refractivity contribution in [2.24, 2.45) is 5.92 Å². The van der Waals surface area contributed by atoms with Crippen molar-refractivity contribution >= 4 is 11.8 Å². The number of nitrogens with zero attached hydrogens (tertiary/aromatic N) is 4. The standard InChI is InChI=1S/C19H24N4O2/c1-22(18-12-20-17(11-21-18)19(24)25)13-16-7-9-23(10-8-16)14-15-5-3-2-4-6-15/h2-6,11-12,16H,7-10,13-14H2,1H3,(H,24,25). The SMILES string of the molecule is CN(CC1CCN(Cc2ccccc2)CC1)c1cnc(C(=O)O)cn1. The lowest BCUT2D eigenvalue weighted by molar-refractivity contribution is 0.0690. The molecule has 1 aliphatic heterocycles. The fourth-order valence-electron chi connectivity index (χ4n) is 3.28. The van der Waals surface area contributed by atoms with E-state index >= 15 is 0 Å². The highest BCUT2D eigenvalue weighted by Crippen LogP contribution is 2.21. The maximum absolute atomic E-state index is 10.8. The summed E-state index contributed by atoms with van der Waals surface area (Å²) in [7, 11) is 1.99. The van der Waals surface area contributed by atoms with Crippen LogP contribution in [0.3, 0.4) is 0 Å². The number of carboxylic acid groups (broad SMARTS) is 1. The molecule has 0 radical (unpaired) electrons. The zero-order chi connectivity index (χ0) is 17.6. The molecule has 132 valence electrons. The second-order valence-corrected chi connectivity index (χ2v) is 6.65. The molecule has 0 spiro atoms. The number of benzene rings is 1. The predicted octanol–water partition coefficient (Wildman–Crippen LogP) is 2.52. The third-order valence-corrected chi connectivity index (χ3v) is 4.74. The number of aromatic nitrogens is 2. The molecule has 2 heterocycles. The third kappa shape index (κ3) is 4.76. The van der Waals surface area contributed by atoms with Crippen molar-refractivity contribution in [2.75, 3.05) is 31.6 Å². The number of carbonyl (C=O) groups is 1. The van der Waals surface area contributed by atoms with Gasteiger partial charge in [-0.05, 0) is 37.4 Å². The average molecular weight is 340 g/mol. The molecular formula is C19H24N4O2. The molecule has 2 aromatic rings. The van der Waals surface area contributed by atoms with E-state index in [2.05, 4.69) is 50.1 Å². The second kappa shape index (κ2) is 8.07. The summed E-state index contributed by atoms with van der Waals surface area (Å²) in [5.74, 6) is 0.294. The van der Waals surface area contributed by atoms with Gasteiger partial charge in [-0.3, -0.25) is 4.90 Å². The number of piperidine rings is 1. The molecule has 6 heteroatoms. The van der Waals surface area contributed by atoms with Crippen LogP contribution < -0.4 is 4.90 Å². The highest BCUT2D eigenvalue weighted by molar-refractivity contribution is 5.84. The first-order chi connectivity index (χ1) is 12.1. The van der Waals surface area contributed by atoms with Crippen LogP contribution in [0.15, 0.2) is 42.7 Å². The van der Waals surface area contributed by atoms with Crippen LogP contribution in [0.4, 0.5) is 5.82 Å². The van der Waals surface area contributed by atoms with Gasteiger partial charge in [-0.2, -0.15) is 0 Å². The maximum Gasteiger partial charge on any atom is 0.356 e. The number of hydrogen-bond acceptors (Lipinski definition) is 5. The molecule has 0 atom stereocenters. The van der Waals surface area contributed by atoms with Crippen LogP contribution >= 0.6 is 0 Å². The van der Waals surface area contributed by atoms with E-state index in [1.807, 2.05) is 7.05 Å². The van der Waals surface area contributed by atoms with Gasteiger partial charge in [0.1, 0.15) is 5.82 Å². The zero-order valence-electron chi connectivity index (χ0n) is 14.5. The summed E-state index contributed by atoms with van der Waals surface area (Å²) < 4.78 is 0. The van der Waals surface area contributed by atoms with Gasteiger partial charge in [0.15, 0.2) is 5.69 Å². The smallest absolute Gasteiger partial charge is 0.356 e. The number of likely N-dealkylation sites (tertiary alicyclic amines) is 1. The van der Waals surface area contributed by atoms with Gasteiger partial charge in [0.05, 0.1) is 12.4 Å². The lowest BCUT2D eigenvalue weighted by Gasteiger charge is -2.34. The van der Waals surface area contributed by atoms with E-state index in [-0.39, 0.29) is 5.69 Å². The Hall–Kier alpha value is -2.47. The molecule has 0 bridgehead atoms. The Morgan fingerprint density at radius 3 is 2.52 bits per heavy atom. The Balaban J connectivity index is 1.47. The second-order valence-electron chi connectivity index (χ2n) is 6.65. The Morgan fingerprint density at radius 1 is 1.20 bits per heavy atom. The molecule has 1 aromatic heterocycles. The van der Waals surface area contributed by atoms with E-state index in [1.165, 1.54) is 18.0 Å². The largest absolute Gasteiger partial charge is 0.476 e. The Labute approximate surface area is 148 Å². The van der Waals surface area contributed by atoms with E-state index in [1.54, 1.807) is 0 Å². The number of hydrogen-bond donors (Lipinski definition) is 1. The normalized spacial score (nSPS) is 15.9. The van der Waals surface area contributed by atoms with Crippen molar-refractivity contribution in [3.63, 3.8) is 0 Å². The van der Waals surface area contributed by atoms with Gasteiger partial charge >= 0.3 is 5.97 Å². The minimum absolute atomic E-state index is 0.0219. The maximum atomic E-state index is 10.8. The van der Waals surface area contributed by atoms with Crippen molar-refractivity contribution in [3.05, 3.63) is 54.0 Å². The molecular weight excluding hydrogens is 316 g/mol. The van der Waals surface area contributed by atoms with Gasteiger partial charge in [-0.1, -0.05) is 30.3 Å². The minimum atomic E-state index is -1.05. The van der Waals surface area contributed by atoms with Gasteiger partial charge in [0.25, 0.3) is 0 Å². The van der Waals surface area contributed by atoms with Crippen molar-refractivity contribution in [1.29, 1.82) is 0 Å². The van der Waals surface area contributed by atoms with Crippen LogP contribution in [-0.4, -0.2) is 52.6 Å². The molecule has 0 unspecified atom stereocenters. The minimum Gasteiger partial charge on any atom is -0.476 e. The number of rotatable bonds is 6. The van der Waals surface area contributed by atoms with Gasteiger partial charge < -0.3 is 10.0 Å². The third-order valence-electron chi connectivity index (χ3n) is 4.74. The van der Waals surface area contributed by atoms with Crippen LogP contribution in [-0.2, 0) is 6.54 Å². The summed E-state index contributed by atoms with van der Waals surface area (Å²) in [5, 5.41) is 8.89. The summed E-state index contributed by atoms with van der Waals surface area (Å²) in [6.07, 6.45) is 5.18. The molecule has 6 nitrogen and oxygen atoms in total. The highest BCUT2D eigenvalue weighted by atomic mass is 16.4. The first kappa shape index (κ1) is 17.4. The topological polar surface area (TPSA) is 69.6 Å². The molecule has 25 heavy (non-hydrogen) atoms. The van der Waals surface area contributed by atoms with Crippen molar-refractivity contribution in [3.8, 4) is 0 Å². The van der Waals surface area contributed by atoms with Crippen LogP contribution in [0.1, 0.15) is 28.9 Å². The molecule has 0 aliphatic carbocycles. The Kier molecular flexibility index (Phi) is 5.60. The van der Waals surface area contributed by atoms with E-state index in [0.29, 0.717) is 5.92 Å². The van der Waals surface area contributed by atoms with Gasteiger partial charge in [-0.25, -0.2) is 14.8 Å². The number of carboxylic acids is 1. The lowest BCUT2D eigenvalue weighted by Crippen LogP contribution is -2.37. The molecule has 0 saturated carbocycles. The Bertz CT molecular complexity index is 682. The lowest BCUT2D eigenvalue weighted by atomic mass is 9.96. The number of anilines is 1. The van der Waals surface area contributed by atoms with Crippen LogP contribution in [0, 0.1) is 5.92 Å². The number of aromatic carboxylic acids is 1. The molecule has 1 fully saturated rings. The van der Waals surface area contributed by atoms with Crippen molar-refractivity contribution < 1.29 is 9.90 Å². The van der Waals surface area contributed by atoms with Gasteiger partial charge in [0.2, 0.25) is 0 Å². The highest BCUT2D eigenvalue weighted by Gasteiger charge is 2.21. The van der Waals surface area contributed by atoms with E-state index < -0.39 is 5.97 Å². The average Bonchev–Trinajstić information content (AvgIpc) is 2.64. The zero-order valence-corrected chi connectivity index (χ0v) is 14.5. The summed E-state index contributed by atoms with van der Waals surface area (Å²) in [6.45, 7) is 4.15. The van der Waals surface area contributed by atoms with Crippen LogP contribution in [0.2, 0.25) is 0 Å². The quantitative estimate of drug-likeness (QED) is 0.871. The van der Waals surface area contributed by atoms with Crippen molar-refractivity contribution in [2.45, 2.75) is 19.4 Å². The molecule has 1 saturated heterocycles. The molecule has 3 rings (SSSR count). The van der Waals surface area contributed by atoms with E-state index in [4.69, 9.17) is 5.11 Å². The van der Waals surface area contributed by atoms with E-state index in [9.17, 15) is 4.79 Å². The first-order valence-electron chi connectivity index (χ1n) is 8.64. The van der Waals surface area contributed by atoms with Gasteiger partial charge in [0, 0.05) is 20.1 Å². The molecule has 1 aromatic carbocycles. The summed E-state index contributed by atoms with van der Waals surface area (Å²) in [6, 6.07) is 10.6. The monoisotopic (exact) mass is 340 g/mol. The predicted molar refractivity (Wildman–Crippen MR) is 96.7 cm³/mol. The fourth-order valence-corrected chi connectivity index (χ4v) is 3.28. The summed E-state index contributed by atoms with van der Waals surface area (Å²) in [4.78, 5) is 23.6.